The molecule has 6 heteroatoms. The number of allylic oxidation sites excluding steroid dienone is 4. The first-order valence-corrected chi connectivity index (χ1v) is 19.7. The summed E-state index contributed by atoms with van der Waals surface area (Å²) in [6.45, 7) is 6.50. The van der Waals surface area contributed by atoms with E-state index in [1.54, 1.807) is 6.08 Å². The number of unbranched alkanes of at least 4 members (excludes halogenated alkanes) is 20. The second-order valence-corrected chi connectivity index (χ2v) is 13.9. The lowest BCUT2D eigenvalue weighted by Gasteiger charge is -2.12. The summed E-state index contributed by atoms with van der Waals surface area (Å²) in [5, 5.41) is 10.0. The predicted molar refractivity (Wildman–Crippen MR) is 196 cm³/mol. The zero-order chi connectivity index (χ0) is 34.6. The average Bonchev–Trinajstić information content (AvgIpc) is 3.05. The van der Waals surface area contributed by atoms with Crippen LogP contribution in [0.3, 0.4) is 0 Å². The number of carbonyl (C=O) groups excluding carboxylic acids is 3. The Labute approximate surface area is 289 Å². The van der Waals surface area contributed by atoms with Gasteiger partial charge in [0.2, 0.25) is 0 Å². The molecule has 0 fully saturated rings. The zero-order valence-electron chi connectivity index (χ0n) is 31.0. The molecule has 0 aliphatic carbocycles. The van der Waals surface area contributed by atoms with Gasteiger partial charge in [-0.2, -0.15) is 0 Å². The fourth-order valence-electron chi connectivity index (χ4n) is 5.55. The van der Waals surface area contributed by atoms with Gasteiger partial charge in [0.15, 0.2) is 5.78 Å². The Bertz CT molecular complexity index is 787. The molecule has 274 valence electrons. The van der Waals surface area contributed by atoms with E-state index in [1.165, 1.54) is 96.3 Å². The number of aliphatic hydroxyl groups is 1. The van der Waals surface area contributed by atoms with Gasteiger partial charge in [0.25, 0.3) is 0 Å². The molecule has 0 aliphatic rings. The molecule has 0 rings (SSSR count). The first kappa shape index (κ1) is 45.0. The molecule has 0 unspecified atom stereocenters. The minimum atomic E-state index is -0.999. The molecule has 6 nitrogen and oxygen atoms in total. The number of hydrogen-bond acceptors (Lipinski definition) is 6. The minimum Gasteiger partial charge on any atom is -0.463 e. The van der Waals surface area contributed by atoms with E-state index >= 15 is 0 Å². The molecule has 0 aromatic rings. The smallest absolute Gasteiger partial charge is 0.305 e. The Morgan fingerprint density at radius 3 is 1.43 bits per heavy atom. The van der Waals surface area contributed by atoms with E-state index in [4.69, 9.17) is 9.47 Å². The van der Waals surface area contributed by atoms with Gasteiger partial charge < -0.3 is 14.6 Å². The number of esters is 2. The third-order valence-corrected chi connectivity index (χ3v) is 8.59. The molecule has 0 aliphatic heterocycles. The summed E-state index contributed by atoms with van der Waals surface area (Å²) in [4.78, 5) is 35.8. The van der Waals surface area contributed by atoms with Gasteiger partial charge >= 0.3 is 11.9 Å². The standard InChI is InChI=1S/C41H74O6/c1-4-5-6-7-16-21-26-31-38(42)32-27-22-19-24-29-34-41(45)47-36-39(43)35-46-40(44)33-28-23-18-15-13-11-9-8-10-12-14-17-20-25-30-37(2)3/h16,21,26,31,37,39,43H,4-15,17-20,22-25,27-30,32-36H2,1-3H3/b21-16-,31-26+/t39-/m0/s1. The lowest BCUT2D eigenvalue weighted by Crippen LogP contribution is -2.25. The summed E-state index contributed by atoms with van der Waals surface area (Å²) in [7, 11) is 0. The fraction of sp³-hybridized carbons (Fsp3) is 0.829. The van der Waals surface area contributed by atoms with Gasteiger partial charge in [-0.05, 0) is 44.1 Å². The average molecular weight is 663 g/mol. The van der Waals surface area contributed by atoms with Crippen molar-refractivity contribution < 1.29 is 29.0 Å². The van der Waals surface area contributed by atoms with E-state index in [0.717, 1.165) is 63.7 Å². The van der Waals surface area contributed by atoms with Crippen molar-refractivity contribution in [3.05, 3.63) is 24.3 Å². The highest BCUT2D eigenvalue weighted by molar-refractivity contribution is 5.89. The second-order valence-electron chi connectivity index (χ2n) is 13.9. The van der Waals surface area contributed by atoms with Gasteiger partial charge in [0.05, 0.1) is 0 Å². The van der Waals surface area contributed by atoms with Gasteiger partial charge in [-0.3, -0.25) is 14.4 Å². The van der Waals surface area contributed by atoms with Crippen LogP contribution in [0.25, 0.3) is 0 Å². The lowest BCUT2D eigenvalue weighted by molar-refractivity contribution is -0.152. The van der Waals surface area contributed by atoms with Crippen molar-refractivity contribution >= 4 is 17.7 Å². The van der Waals surface area contributed by atoms with Crippen LogP contribution >= 0.6 is 0 Å². The molecule has 0 aromatic carbocycles. The van der Waals surface area contributed by atoms with Crippen LogP contribution in [-0.4, -0.2) is 42.1 Å². The molecule has 47 heavy (non-hydrogen) atoms. The molecule has 0 heterocycles. The Kier molecular flexibility index (Phi) is 33.9. The Hall–Kier alpha value is -1.95. The summed E-state index contributed by atoms with van der Waals surface area (Å²) >= 11 is 0. The fourth-order valence-corrected chi connectivity index (χ4v) is 5.55. The number of ether oxygens (including phenoxy) is 2. The van der Waals surface area contributed by atoms with Crippen LogP contribution in [0.5, 0.6) is 0 Å². The Balaban J connectivity index is 3.50. The Morgan fingerprint density at radius 2 is 0.979 bits per heavy atom. The van der Waals surface area contributed by atoms with Crippen molar-refractivity contribution in [1.29, 1.82) is 0 Å². The van der Waals surface area contributed by atoms with Crippen molar-refractivity contribution in [3.63, 3.8) is 0 Å². The predicted octanol–water partition coefficient (Wildman–Crippen LogP) is 11.3. The van der Waals surface area contributed by atoms with E-state index in [1.807, 2.05) is 12.2 Å². The van der Waals surface area contributed by atoms with Crippen LogP contribution < -0.4 is 0 Å². The van der Waals surface area contributed by atoms with Gasteiger partial charge in [-0.25, -0.2) is 0 Å². The van der Waals surface area contributed by atoms with Gasteiger partial charge in [-0.1, -0.05) is 161 Å². The molecular formula is C41H74O6. The van der Waals surface area contributed by atoms with Crippen LogP contribution in [-0.2, 0) is 23.9 Å². The summed E-state index contributed by atoms with van der Waals surface area (Å²) in [6, 6.07) is 0. The quantitative estimate of drug-likeness (QED) is 0.0314. The molecule has 0 radical (unpaired) electrons. The number of hydrogen-bond donors (Lipinski definition) is 1. The summed E-state index contributed by atoms with van der Waals surface area (Å²) in [6.07, 6.45) is 36.2. The maximum atomic E-state index is 12.0. The van der Waals surface area contributed by atoms with Crippen molar-refractivity contribution in [3.8, 4) is 0 Å². The van der Waals surface area contributed by atoms with Gasteiger partial charge in [0, 0.05) is 19.3 Å². The largest absolute Gasteiger partial charge is 0.463 e. The molecule has 1 atom stereocenters. The van der Waals surface area contributed by atoms with E-state index in [0.29, 0.717) is 19.3 Å². The molecular weight excluding hydrogens is 588 g/mol. The maximum Gasteiger partial charge on any atom is 0.305 e. The molecule has 0 bridgehead atoms. The van der Waals surface area contributed by atoms with E-state index in [2.05, 4.69) is 26.8 Å². The third-order valence-electron chi connectivity index (χ3n) is 8.59. The zero-order valence-corrected chi connectivity index (χ0v) is 31.0. The SMILES string of the molecule is CCCCC/C=C\C=C\C(=O)CCCCCCCC(=O)OC[C@@H](O)COC(=O)CCCCCCCCCCCCCCCCC(C)C. The second kappa shape index (κ2) is 35.4. The number of carbonyl (C=O) groups is 3. The number of aliphatic hydroxyl groups excluding tert-OH is 1. The summed E-state index contributed by atoms with van der Waals surface area (Å²) < 4.78 is 10.3. The summed E-state index contributed by atoms with van der Waals surface area (Å²) in [5.74, 6) is 0.354. The van der Waals surface area contributed by atoms with Gasteiger partial charge in [-0.15, -0.1) is 0 Å². The third kappa shape index (κ3) is 36.7. The number of ketones is 1. The van der Waals surface area contributed by atoms with E-state index < -0.39 is 6.10 Å². The highest BCUT2D eigenvalue weighted by Crippen LogP contribution is 2.15. The molecule has 0 saturated heterocycles. The monoisotopic (exact) mass is 663 g/mol. The van der Waals surface area contributed by atoms with E-state index in [9.17, 15) is 19.5 Å². The lowest BCUT2D eigenvalue weighted by atomic mass is 10.0. The van der Waals surface area contributed by atoms with Crippen LogP contribution in [0, 0.1) is 5.92 Å². The summed E-state index contributed by atoms with van der Waals surface area (Å²) in [5.41, 5.74) is 0. The van der Waals surface area contributed by atoms with Crippen molar-refractivity contribution in [2.75, 3.05) is 13.2 Å². The highest BCUT2D eigenvalue weighted by Gasteiger charge is 2.12. The first-order valence-electron chi connectivity index (χ1n) is 19.7. The molecule has 0 saturated carbocycles. The number of rotatable bonds is 35. The van der Waals surface area contributed by atoms with Crippen LogP contribution in [0.2, 0.25) is 0 Å². The molecule has 1 N–H and O–H groups in total. The van der Waals surface area contributed by atoms with Crippen LogP contribution in [0.4, 0.5) is 0 Å². The van der Waals surface area contributed by atoms with Crippen molar-refractivity contribution in [1.82, 2.24) is 0 Å². The molecule has 0 aromatic heterocycles. The first-order chi connectivity index (χ1) is 22.8. The van der Waals surface area contributed by atoms with Crippen molar-refractivity contribution in [2.24, 2.45) is 5.92 Å². The molecule has 0 spiro atoms. The van der Waals surface area contributed by atoms with Crippen LogP contribution in [0.15, 0.2) is 24.3 Å². The van der Waals surface area contributed by atoms with Crippen molar-refractivity contribution in [2.45, 2.75) is 200 Å². The normalized spacial score (nSPS) is 12.4. The topological polar surface area (TPSA) is 89.9 Å². The van der Waals surface area contributed by atoms with E-state index in [-0.39, 0.29) is 30.9 Å². The molecule has 0 amide bonds. The van der Waals surface area contributed by atoms with Gasteiger partial charge in [0.1, 0.15) is 19.3 Å². The highest BCUT2D eigenvalue weighted by atomic mass is 16.6. The maximum absolute atomic E-state index is 12.0. The van der Waals surface area contributed by atoms with Crippen LogP contribution in [0.1, 0.15) is 194 Å². The minimum absolute atomic E-state index is 0.145. The Morgan fingerprint density at radius 1 is 0.553 bits per heavy atom.